The van der Waals surface area contributed by atoms with E-state index in [-0.39, 0.29) is 11.8 Å². The Labute approximate surface area is 145 Å². The van der Waals surface area contributed by atoms with Crippen molar-refractivity contribution in [2.75, 3.05) is 11.4 Å². The molecule has 1 N–H and O–H groups in total. The van der Waals surface area contributed by atoms with E-state index in [1.165, 1.54) is 25.7 Å². The van der Waals surface area contributed by atoms with Crippen molar-refractivity contribution in [2.24, 2.45) is 0 Å². The number of rotatable bonds is 5. The zero-order valence-electron chi connectivity index (χ0n) is 15.2. The van der Waals surface area contributed by atoms with Crippen LogP contribution < -0.4 is 10.2 Å². The van der Waals surface area contributed by atoms with Crippen LogP contribution in [0.4, 0.5) is 5.69 Å². The van der Waals surface area contributed by atoms with Crippen molar-refractivity contribution in [2.45, 2.75) is 71.8 Å². The summed E-state index contributed by atoms with van der Waals surface area (Å²) in [6.45, 7) is 6.05. The van der Waals surface area contributed by atoms with Crippen molar-refractivity contribution >= 4 is 17.5 Å². The third-order valence-corrected chi connectivity index (χ3v) is 5.03. The number of hydrogen-bond donors (Lipinski definition) is 1. The Kier molecular flexibility index (Phi) is 6.83. The highest BCUT2D eigenvalue weighted by Gasteiger charge is 2.18. The van der Waals surface area contributed by atoms with E-state index in [0.29, 0.717) is 19.0 Å². The van der Waals surface area contributed by atoms with E-state index in [2.05, 4.69) is 5.32 Å². The monoisotopic (exact) mass is 330 g/mol. The van der Waals surface area contributed by atoms with Crippen molar-refractivity contribution in [1.29, 1.82) is 0 Å². The maximum atomic E-state index is 12.3. The third kappa shape index (κ3) is 5.08. The highest BCUT2D eigenvalue weighted by atomic mass is 16.2. The molecule has 1 saturated carbocycles. The van der Waals surface area contributed by atoms with E-state index in [1.807, 2.05) is 32.0 Å². The SMILES string of the molecule is CC(=O)N(CCC(=O)NC1CCCCCC1)c1cccc(C)c1C. The minimum Gasteiger partial charge on any atom is -0.353 e. The molecular weight excluding hydrogens is 300 g/mol. The van der Waals surface area contributed by atoms with E-state index in [4.69, 9.17) is 0 Å². The van der Waals surface area contributed by atoms with Gasteiger partial charge in [-0.05, 0) is 43.9 Å². The second kappa shape index (κ2) is 8.86. The minimum absolute atomic E-state index is 0.0223. The summed E-state index contributed by atoms with van der Waals surface area (Å²) in [6, 6.07) is 6.26. The molecule has 0 aromatic heterocycles. The second-order valence-corrected chi connectivity index (χ2v) is 6.90. The van der Waals surface area contributed by atoms with Crippen LogP contribution >= 0.6 is 0 Å². The van der Waals surface area contributed by atoms with E-state index < -0.39 is 0 Å². The van der Waals surface area contributed by atoms with Crippen LogP contribution in [-0.4, -0.2) is 24.4 Å². The minimum atomic E-state index is -0.0223. The molecule has 1 fully saturated rings. The fourth-order valence-corrected chi connectivity index (χ4v) is 3.41. The van der Waals surface area contributed by atoms with Crippen LogP contribution in [0.2, 0.25) is 0 Å². The van der Waals surface area contributed by atoms with Crippen LogP contribution in [0.25, 0.3) is 0 Å². The fraction of sp³-hybridized carbons (Fsp3) is 0.600. The van der Waals surface area contributed by atoms with Crippen molar-refractivity contribution < 1.29 is 9.59 Å². The van der Waals surface area contributed by atoms with Gasteiger partial charge in [0.05, 0.1) is 0 Å². The lowest BCUT2D eigenvalue weighted by molar-refractivity contribution is -0.121. The fourth-order valence-electron chi connectivity index (χ4n) is 3.41. The van der Waals surface area contributed by atoms with Gasteiger partial charge in [0.15, 0.2) is 0 Å². The highest BCUT2D eigenvalue weighted by Crippen LogP contribution is 2.23. The predicted octanol–water partition coefficient (Wildman–Crippen LogP) is 3.89. The number of benzene rings is 1. The Morgan fingerprint density at radius 2 is 1.79 bits per heavy atom. The van der Waals surface area contributed by atoms with Gasteiger partial charge in [-0.3, -0.25) is 9.59 Å². The molecule has 4 nitrogen and oxygen atoms in total. The highest BCUT2D eigenvalue weighted by molar-refractivity contribution is 5.93. The lowest BCUT2D eigenvalue weighted by Gasteiger charge is -2.24. The second-order valence-electron chi connectivity index (χ2n) is 6.90. The quantitative estimate of drug-likeness (QED) is 0.833. The lowest BCUT2D eigenvalue weighted by atomic mass is 10.1. The molecule has 0 radical (unpaired) electrons. The summed E-state index contributed by atoms with van der Waals surface area (Å²) in [5.74, 6) is 0.0319. The van der Waals surface area contributed by atoms with Gasteiger partial charge in [0.25, 0.3) is 0 Å². The molecule has 1 aromatic rings. The van der Waals surface area contributed by atoms with Crippen molar-refractivity contribution in [1.82, 2.24) is 5.32 Å². The summed E-state index contributed by atoms with van der Waals surface area (Å²) < 4.78 is 0. The molecule has 24 heavy (non-hydrogen) atoms. The Morgan fingerprint density at radius 1 is 1.12 bits per heavy atom. The first kappa shape index (κ1) is 18.5. The summed E-state index contributed by atoms with van der Waals surface area (Å²) in [5.41, 5.74) is 3.16. The summed E-state index contributed by atoms with van der Waals surface area (Å²) in [4.78, 5) is 26.1. The van der Waals surface area contributed by atoms with Gasteiger partial charge >= 0.3 is 0 Å². The first-order valence-electron chi connectivity index (χ1n) is 9.12. The molecule has 0 saturated heterocycles. The Hall–Kier alpha value is -1.84. The average Bonchev–Trinajstić information content (AvgIpc) is 2.79. The van der Waals surface area contributed by atoms with Gasteiger partial charge in [0.1, 0.15) is 0 Å². The van der Waals surface area contributed by atoms with Gasteiger partial charge in [-0.1, -0.05) is 37.8 Å². The van der Waals surface area contributed by atoms with Gasteiger partial charge in [0.2, 0.25) is 11.8 Å². The molecule has 132 valence electrons. The molecule has 2 amide bonds. The largest absolute Gasteiger partial charge is 0.353 e. The first-order valence-corrected chi connectivity index (χ1v) is 9.12. The number of hydrogen-bond acceptors (Lipinski definition) is 2. The van der Waals surface area contributed by atoms with Crippen LogP contribution in [0.5, 0.6) is 0 Å². The van der Waals surface area contributed by atoms with Gasteiger partial charge in [-0.15, -0.1) is 0 Å². The summed E-state index contributed by atoms with van der Waals surface area (Å²) in [5, 5.41) is 3.15. The standard InChI is InChI=1S/C20H30N2O2/c1-15-9-8-12-19(16(15)2)22(17(3)23)14-13-20(24)21-18-10-6-4-5-7-11-18/h8-9,12,18H,4-7,10-11,13-14H2,1-3H3,(H,21,24). The zero-order valence-corrected chi connectivity index (χ0v) is 15.2. The molecule has 1 aliphatic rings. The zero-order chi connectivity index (χ0) is 17.5. The summed E-state index contributed by atoms with van der Waals surface area (Å²) >= 11 is 0. The van der Waals surface area contributed by atoms with Crippen molar-refractivity contribution in [3.63, 3.8) is 0 Å². The van der Waals surface area contributed by atoms with E-state index >= 15 is 0 Å². The smallest absolute Gasteiger partial charge is 0.223 e. The van der Waals surface area contributed by atoms with E-state index in [9.17, 15) is 9.59 Å². The van der Waals surface area contributed by atoms with Gasteiger partial charge < -0.3 is 10.2 Å². The van der Waals surface area contributed by atoms with Crippen LogP contribution in [0.3, 0.4) is 0 Å². The van der Waals surface area contributed by atoms with Crippen molar-refractivity contribution in [3.05, 3.63) is 29.3 Å². The molecule has 1 aromatic carbocycles. The number of amides is 2. The molecule has 0 aliphatic heterocycles. The molecule has 0 unspecified atom stereocenters. The Balaban J connectivity index is 1.95. The number of anilines is 1. The number of nitrogens with zero attached hydrogens (tertiary/aromatic N) is 1. The number of nitrogens with one attached hydrogen (secondary N) is 1. The number of carbonyl (C=O) groups is 2. The van der Waals surface area contributed by atoms with Crippen molar-refractivity contribution in [3.8, 4) is 0 Å². The van der Waals surface area contributed by atoms with Gasteiger partial charge in [-0.25, -0.2) is 0 Å². The van der Waals surface area contributed by atoms with Crippen LogP contribution in [-0.2, 0) is 9.59 Å². The maximum Gasteiger partial charge on any atom is 0.223 e. The number of carbonyl (C=O) groups excluding carboxylic acids is 2. The molecule has 0 spiro atoms. The molecule has 1 aliphatic carbocycles. The topological polar surface area (TPSA) is 49.4 Å². The van der Waals surface area contributed by atoms with Crippen LogP contribution in [0.15, 0.2) is 18.2 Å². The Morgan fingerprint density at radius 3 is 2.42 bits per heavy atom. The average molecular weight is 330 g/mol. The van der Waals surface area contributed by atoms with E-state index in [1.54, 1.807) is 11.8 Å². The molecule has 2 rings (SSSR count). The first-order chi connectivity index (χ1) is 11.5. The molecule has 0 bridgehead atoms. The van der Waals surface area contributed by atoms with Crippen LogP contribution in [0, 0.1) is 13.8 Å². The predicted molar refractivity (Wildman–Crippen MR) is 98.2 cm³/mol. The lowest BCUT2D eigenvalue weighted by Crippen LogP contribution is -2.38. The van der Waals surface area contributed by atoms with E-state index in [0.717, 1.165) is 29.7 Å². The van der Waals surface area contributed by atoms with Gasteiger partial charge in [-0.2, -0.15) is 0 Å². The molecule has 4 heteroatoms. The Bertz CT molecular complexity index is 575. The summed E-state index contributed by atoms with van der Waals surface area (Å²) in [6.07, 6.45) is 7.47. The van der Waals surface area contributed by atoms with Gasteiger partial charge in [0, 0.05) is 31.6 Å². The normalized spacial score (nSPS) is 15.6. The van der Waals surface area contributed by atoms with Crippen LogP contribution in [0.1, 0.15) is 63.0 Å². The molecule has 0 atom stereocenters. The molecule has 0 heterocycles. The third-order valence-electron chi connectivity index (χ3n) is 5.03. The summed E-state index contributed by atoms with van der Waals surface area (Å²) in [7, 11) is 0. The molecular formula is C20H30N2O2. The number of aryl methyl sites for hydroxylation is 1. The maximum absolute atomic E-state index is 12.3.